The van der Waals surface area contributed by atoms with Gasteiger partial charge in [-0.1, -0.05) is 27.7 Å². The summed E-state index contributed by atoms with van der Waals surface area (Å²) in [5, 5.41) is 12.1. The Morgan fingerprint density at radius 1 is 1.32 bits per heavy atom. The quantitative estimate of drug-likeness (QED) is 0.495. The second-order valence-corrected chi connectivity index (χ2v) is 11.1. The summed E-state index contributed by atoms with van der Waals surface area (Å²) in [6.45, 7) is 1.91. The smallest absolute Gasteiger partial charge is 0.234 e. The van der Waals surface area contributed by atoms with Crippen LogP contribution in [-0.4, -0.2) is 72.2 Å². The number of hydrogen-bond acceptors (Lipinski definition) is 7. The Labute approximate surface area is 195 Å². The molecular formula is C19H26BrN5O4S2. The monoisotopic (exact) mass is 531 g/mol. The average Bonchev–Trinajstić information content (AvgIpc) is 3.14. The zero-order valence-corrected chi connectivity index (χ0v) is 20.7. The second-order valence-electron chi connectivity index (χ2n) is 7.29. The van der Waals surface area contributed by atoms with E-state index in [0.29, 0.717) is 31.4 Å². The maximum atomic E-state index is 12.4. The van der Waals surface area contributed by atoms with Crippen molar-refractivity contribution in [3.63, 3.8) is 0 Å². The molecule has 170 valence electrons. The number of hydrogen-bond donors (Lipinski definition) is 1. The van der Waals surface area contributed by atoms with E-state index < -0.39 is 10.0 Å². The zero-order chi connectivity index (χ0) is 22.4. The number of carbonyl (C=O) groups excluding carboxylic acids is 1. The van der Waals surface area contributed by atoms with E-state index in [9.17, 15) is 13.2 Å². The van der Waals surface area contributed by atoms with Crippen LogP contribution in [0.1, 0.15) is 24.6 Å². The summed E-state index contributed by atoms with van der Waals surface area (Å²) in [4.78, 5) is 12.4. The van der Waals surface area contributed by atoms with Crippen molar-refractivity contribution in [2.24, 2.45) is 0 Å². The van der Waals surface area contributed by atoms with Crippen LogP contribution in [0.4, 0.5) is 5.69 Å². The first-order chi connectivity index (χ1) is 14.8. The Bertz CT molecular complexity index is 997. The molecule has 1 saturated heterocycles. The number of anilines is 1. The molecule has 0 bridgehead atoms. The van der Waals surface area contributed by atoms with E-state index in [0.717, 1.165) is 28.8 Å². The van der Waals surface area contributed by atoms with Crippen molar-refractivity contribution in [3.05, 3.63) is 34.6 Å². The van der Waals surface area contributed by atoms with Crippen LogP contribution in [0.5, 0.6) is 0 Å². The summed E-state index contributed by atoms with van der Waals surface area (Å²) in [5.41, 5.74) is 0.721. The fourth-order valence-corrected chi connectivity index (χ4v) is 5.36. The van der Waals surface area contributed by atoms with Gasteiger partial charge in [0.05, 0.1) is 18.6 Å². The fourth-order valence-electron chi connectivity index (χ4n) is 3.42. The minimum absolute atomic E-state index is 0.0428. The van der Waals surface area contributed by atoms with Crippen molar-refractivity contribution in [1.82, 2.24) is 19.1 Å². The van der Waals surface area contributed by atoms with Crippen LogP contribution >= 0.6 is 27.7 Å². The number of amides is 1. The highest BCUT2D eigenvalue weighted by Gasteiger charge is 2.30. The van der Waals surface area contributed by atoms with Gasteiger partial charge in [-0.2, -0.15) is 0 Å². The van der Waals surface area contributed by atoms with Gasteiger partial charge in [0.25, 0.3) is 0 Å². The minimum atomic E-state index is -3.25. The molecular weight excluding hydrogens is 506 g/mol. The van der Waals surface area contributed by atoms with Crippen LogP contribution in [0.25, 0.3) is 0 Å². The molecule has 1 amide bonds. The number of ether oxygens (including phenoxy) is 1. The number of piperidine rings is 1. The first-order valence-electron chi connectivity index (χ1n) is 9.83. The molecule has 2 heterocycles. The third-order valence-electron chi connectivity index (χ3n) is 4.94. The number of rotatable bonds is 9. The van der Waals surface area contributed by atoms with Crippen LogP contribution < -0.4 is 5.32 Å². The lowest BCUT2D eigenvalue weighted by Crippen LogP contribution is -2.39. The lowest BCUT2D eigenvalue weighted by molar-refractivity contribution is -0.113. The predicted octanol–water partition coefficient (Wildman–Crippen LogP) is 2.56. The number of halogens is 1. The van der Waals surface area contributed by atoms with Gasteiger partial charge in [-0.15, -0.1) is 10.2 Å². The number of nitrogens with one attached hydrogen (secondary N) is 1. The van der Waals surface area contributed by atoms with E-state index >= 15 is 0 Å². The number of nitrogens with zero attached hydrogens (tertiary/aromatic N) is 4. The number of carbonyl (C=O) groups is 1. The number of benzene rings is 1. The van der Waals surface area contributed by atoms with Crippen LogP contribution in [0.3, 0.4) is 0 Å². The maximum absolute atomic E-state index is 12.4. The SMILES string of the molecule is COCCn1c(SCC(=O)Nc2ccc(Br)cc2)nnc1C1CCCN(S(C)(=O)=O)C1. The largest absolute Gasteiger partial charge is 0.383 e. The summed E-state index contributed by atoms with van der Waals surface area (Å²) >= 11 is 4.67. The van der Waals surface area contributed by atoms with Crippen molar-refractivity contribution in [3.8, 4) is 0 Å². The molecule has 1 aliphatic heterocycles. The molecule has 1 N–H and O–H groups in total. The van der Waals surface area contributed by atoms with Crippen LogP contribution in [-0.2, 0) is 26.1 Å². The second kappa shape index (κ2) is 10.9. The Morgan fingerprint density at radius 3 is 2.74 bits per heavy atom. The summed E-state index contributed by atoms with van der Waals surface area (Å²) in [7, 11) is -1.63. The van der Waals surface area contributed by atoms with Crippen LogP contribution in [0.2, 0.25) is 0 Å². The third kappa shape index (κ3) is 6.75. The minimum Gasteiger partial charge on any atom is -0.383 e. The summed E-state index contributed by atoms with van der Waals surface area (Å²) in [6.07, 6.45) is 2.84. The molecule has 1 aromatic heterocycles. The highest BCUT2D eigenvalue weighted by Crippen LogP contribution is 2.29. The first-order valence-corrected chi connectivity index (χ1v) is 13.5. The zero-order valence-electron chi connectivity index (χ0n) is 17.5. The number of sulfonamides is 1. The molecule has 3 rings (SSSR count). The van der Waals surface area contributed by atoms with Crippen molar-refractivity contribution in [2.45, 2.75) is 30.5 Å². The van der Waals surface area contributed by atoms with Crippen molar-refractivity contribution in [1.29, 1.82) is 0 Å². The van der Waals surface area contributed by atoms with Gasteiger partial charge in [0.15, 0.2) is 5.16 Å². The van der Waals surface area contributed by atoms with Crippen LogP contribution in [0.15, 0.2) is 33.9 Å². The summed E-state index contributed by atoms with van der Waals surface area (Å²) < 4.78 is 33.6. The first kappa shape index (κ1) is 24.2. The normalized spacial score (nSPS) is 17.6. The lowest BCUT2D eigenvalue weighted by Gasteiger charge is -2.30. The standard InChI is InChI=1S/C19H26BrN5O4S2/c1-29-11-10-25-18(14-4-3-9-24(12-14)31(2,27)28)22-23-19(25)30-13-17(26)21-16-7-5-15(20)6-8-16/h5-8,14H,3-4,9-13H2,1-2H3,(H,21,26). The van der Waals surface area contributed by atoms with E-state index in [2.05, 4.69) is 31.4 Å². The predicted molar refractivity (Wildman–Crippen MR) is 124 cm³/mol. The third-order valence-corrected chi connectivity index (χ3v) is 7.71. The number of thioether (sulfide) groups is 1. The Balaban J connectivity index is 1.69. The molecule has 1 atom stereocenters. The van der Waals surface area contributed by atoms with E-state index in [1.165, 1.54) is 22.3 Å². The Kier molecular flexibility index (Phi) is 8.50. The van der Waals surface area contributed by atoms with Gasteiger partial charge in [-0.3, -0.25) is 4.79 Å². The molecule has 1 unspecified atom stereocenters. The van der Waals surface area contributed by atoms with Crippen molar-refractivity contribution in [2.75, 3.05) is 44.1 Å². The molecule has 31 heavy (non-hydrogen) atoms. The molecule has 1 aromatic carbocycles. The van der Waals surface area contributed by atoms with Gasteiger partial charge in [-0.25, -0.2) is 12.7 Å². The summed E-state index contributed by atoms with van der Waals surface area (Å²) in [6, 6.07) is 7.37. The Hall–Kier alpha value is -1.47. The average molecular weight is 532 g/mol. The maximum Gasteiger partial charge on any atom is 0.234 e. The highest BCUT2D eigenvalue weighted by molar-refractivity contribution is 9.10. The van der Waals surface area contributed by atoms with E-state index in [-0.39, 0.29) is 17.6 Å². The van der Waals surface area contributed by atoms with Gasteiger partial charge in [0.2, 0.25) is 15.9 Å². The van der Waals surface area contributed by atoms with Gasteiger partial charge < -0.3 is 14.6 Å². The topological polar surface area (TPSA) is 106 Å². The number of methoxy groups -OCH3 is 1. The lowest BCUT2D eigenvalue weighted by atomic mass is 9.99. The van der Waals surface area contributed by atoms with Crippen molar-refractivity contribution < 1.29 is 17.9 Å². The van der Waals surface area contributed by atoms with Gasteiger partial charge in [-0.05, 0) is 37.1 Å². The van der Waals surface area contributed by atoms with Gasteiger partial charge in [0, 0.05) is 42.8 Å². The molecule has 2 aromatic rings. The molecule has 12 heteroatoms. The van der Waals surface area contributed by atoms with Crippen molar-refractivity contribution >= 4 is 49.3 Å². The molecule has 0 aliphatic carbocycles. The molecule has 9 nitrogen and oxygen atoms in total. The fraction of sp³-hybridized carbons (Fsp3) is 0.526. The molecule has 1 fully saturated rings. The van der Waals surface area contributed by atoms with E-state index in [1.807, 2.05) is 28.8 Å². The van der Waals surface area contributed by atoms with Gasteiger partial charge in [0.1, 0.15) is 5.82 Å². The van der Waals surface area contributed by atoms with E-state index in [4.69, 9.17) is 4.74 Å². The number of aromatic nitrogens is 3. The molecule has 0 radical (unpaired) electrons. The van der Waals surface area contributed by atoms with Gasteiger partial charge >= 0.3 is 0 Å². The molecule has 0 saturated carbocycles. The molecule has 1 aliphatic rings. The summed E-state index contributed by atoms with van der Waals surface area (Å²) in [5.74, 6) is 0.734. The van der Waals surface area contributed by atoms with E-state index in [1.54, 1.807) is 7.11 Å². The molecule has 0 spiro atoms. The highest BCUT2D eigenvalue weighted by atomic mass is 79.9. The Morgan fingerprint density at radius 2 is 2.06 bits per heavy atom. The van der Waals surface area contributed by atoms with Crippen LogP contribution in [0, 0.1) is 0 Å².